The van der Waals surface area contributed by atoms with Gasteiger partial charge in [0.15, 0.2) is 0 Å². The molecule has 2 unspecified atom stereocenters. The Hall–Kier alpha value is -0.860. The maximum absolute atomic E-state index is 10.7. The molecule has 0 spiro atoms. The van der Waals surface area contributed by atoms with Gasteiger partial charge in [0.2, 0.25) is 0 Å². The summed E-state index contributed by atoms with van der Waals surface area (Å²) in [5.41, 5.74) is 0.921. The number of rotatable bonds is 6. The van der Waals surface area contributed by atoms with Gasteiger partial charge in [-0.15, -0.1) is 0 Å². The van der Waals surface area contributed by atoms with Crippen LogP contribution in [0.3, 0.4) is 0 Å². The Bertz CT molecular complexity index is 401. The van der Waals surface area contributed by atoms with Gasteiger partial charge in [0, 0.05) is 18.5 Å². The van der Waals surface area contributed by atoms with E-state index in [-0.39, 0.29) is 5.41 Å². The first-order chi connectivity index (χ1) is 9.53. The molecule has 0 bridgehead atoms. The van der Waals surface area contributed by atoms with Crippen LogP contribution in [0.1, 0.15) is 51.7 Å². The van der Waals surface area contributed by atoms with Gasteiger partial charge in [-0.2, -0.15) is 0 Å². The molecule has 1 aliphatic heterocycles. The van der Waals surface area contributed by atoms with E-state index in [2.05, 4.69) is 25.7 Å². The summed E-state index contributed by atoms with van der Waals surface area (Å²) < 4.78 is 0. The fourth-order valence-electron chi connectivity index (χ4n) is 3.45. The van der Waals surface area contributed by atoms with Crippen LogP contribution in [0.25, 0.3) is 0 Å². The van der Waals surface area contributed by atoms with Crippen LogP contribution in [0, 0.1) is 11.3 Å². The lowest BCUT2D eigenvalue weighted by atomic mass is 9.82. The van der Waals surface area contributed by atoms with E-state index < -0.39 is 6.10 Å². The average Bonchev–Trinajstić information content (AvgIpc) is 2.86. The summed E-state index contributed by atoms with van der Waals surface area (Å²) in [6.45, 7) is 10.00. The predicted octanol–water partition coefficient (Wildman–Crippen LogP) is 3.87. The second-order valence-corrected chi connectivity index (χ2v) is 6.98. The number of nitrogens with zero attached hydrogens (tertiary/aromatic N) is 1. The molecule has 2 rings (SSSR count). The Morgan fingerprint density at radius 1 is 1.30 bits per heavy atom. The van der Waals surface area contributed by atoms with E-state index in [9.17, 15) is 5.11 Å². The number of aliphatic hydroxyl groups is 1. The van der Waals surface area contributed by atoms with Crippen LogP contribution in [0.2, 0.25) is 0 Å². The molecule has 112 valence electrons. The SMILES string of the molecule is CCCC1CCN(CC(C)(C)C(O)c2ccccc2)C1. The van der Waals surface area contributed by atoms with Crippen LogP contribution in [-0.2, 0) is 0 Å². The van der Waals surface area contributed by atoms with E-state index in [1.54, 1.807) is 0 Å². The molecule has 1 saturated heterocycles. The van der Waals surface area contributed by atoms with Gasteiger partial charge in [-0.25, -0.2) is 0 Å². The zero-order valence-electron chi connectivity index (χ0n) is 13.2. The average molecular weight is 275 g/mol. The van der Waals surface area contributed by atoms with Crippen molar-refractivity contribution in [2.24, 2.45) is 11.3 Å². The predicted molar refractivity (Wildman–Crippen MR) is 84.6 cm³/mol. The van der Waals surface area contributed by atoms with Crippen LogP contribution in [0.4, 0.5) is 0 Å². The van der Waals surface area contributed by atoms with Crippen LogP contribution in [0.15, 0.2) is 30.3 Å². The molecule has 1 aromatic carbocycles. The first kappa shape index (κ1) is 15.5. The van der Waals surface area contributed by atoms with Gasteiger partial charge in [-0.1, -0.05) is 57.5 Å². The van der Waals surface area contributed by atoms with Gasteiger partial charge in [0.05, 0.1) is 6.10 Å². The molecule has 0 aliphatic carbocycles. The third-order valence-electron chi connectivity index (χ3n) is 4.55. The van der Waals surface area contributed by atoms with Crippen molar-refractivity contribution in [1.29, 1.82) is 0 Å². The number of benzene rings is 1. The molecular weight excluding hydrogens is 246 g/mol. The number of hydrogen-bond acceptors (Lipinski definition) is 2. The van der Waals surface area contributed by atoms with E-state index >= 15 is 0 Å². The Morgan fingerprint density at radius 2 is 2.00 bits per heavy atom. The van der Waals surface area contributed by atoms with Crippen molar-refractivity contribution in [3.8, 4) is 0 Å². The molecular formula is C18H29NO. The Morgan fingerprint density at radius 3 is 2.65 bits per heavy atom. The molecule has 20 heavy (non-hydrogen) atoms. The van der Waals surface area contributed by atoms with Crippen molar-refractivity contribution in [2.75, 3.05) is 19.6 Å². The summed E-state index contributed by atoms with van der Waals surface area (Å²) in [5, 5.41) is 10.7. The van der Waals surface area contributed by atoms with Crippen molar-refractivity contribution >= 4 is 0 Å². The number of likely N-dealkylation sites (tertiary alicyclic amines) is 1. The fraction of sp³-hybridized carbons (Fsp3) is 0.667. The third-order valence-corrected chi connectivity index (χ3v) is 4.55. The van der Waals surface area contributed by atoms with E-state index in [1.807, 2.05) is 30.3 Å². The molecule has 0 radical (unpaired) electrons. The van der Waals surface area contributed by atoms with Crippen molar-refractivity contribution in [1.82, 2.24) is 4.90 Å². The summed E-state index contributed by atoms with van der Waals surface area (Å²) in [7, 11) is 0. The monoisotopic (exact) mass is 275 g/mol. The van der Waals surface area contributed by atoms with Gasteiger partial charge >= 0.3 is 0 Å². The maximum atomic E-state index is 10.7. The van der Waals surface area contributed by atoms with Crippen LogP contribution in [0.5, 0.6) is 0 Å². The van der Waals surface area contributed by atoms with E-state index in [4.69, 9.17) is 0 Å². The van der Waals surface area contributed by atoms with Gasteiger partial charge in [0.1, 0.15) is 0 Å². The minimum absolute atomic E-state index is 0.109. The summed E-state index contributed by atoms with van der Waals surface area (Å²) in [6.07, 6.45) is 3.56. The highest BCUT2D eigenvalue weighted by Crippen LogP contribution is 2.35. The highest BCUT2D eigenvalue weighted by Gasteiger charge is 2.33. The molecule has 0 saturated carbocycles. The lowest BCUT2D eigenvalue weighted by Gasteiger charge is -2.35. The van der Waals surface area contributed by atoms with Gasteiger partial charge < -0.3 is 10.0 Å². The quantitative estimate of drug-likeness (QED) is 0.852. The van der Waals surface area contributed by atoms with Gasteiger partial charge in [0.25, 0.3) is 0 Å². The second kappa shape index (κ2) is 6.73. The molecule has 1 N–H and O–H groups in total. The molecule has 2 atom stereocenters. The molecule has 1 heterocycles. The summed E-state index contributed by atoms with van der Waals surface area (Å²) in [5.74, 6) is 0.865. The summed E-state index contributed by atoms with van der Waals surface area (Å²) in [6, 6.07) is 10.1. The van der Waals surface area contributed by atoms with Crippen LogP contribution in [-0.4, -0.2) is 29.6 Å². The minimum atomic E-state index is -0.395. The van der Waals surface area contributed by atoms with Crippen molar-refractivity contribution in [3.63, 3.8) is 0 Å². The fourth-order valence-corrected chi connectivity index (χ4v) is 3.45. The second-order valence-electron chi connectivity index (χ2n) is 6.98. The zero-order valence-corrected chi connectivity index (χ0v) is 13.2. The Labute approximate surface area is 123 Å². The van der Waals surface area contributed by atoms with Crippen molar-refractivity contribution in [3.05, 3.63) is 35.9 Å². The largest absolute Gasteiger partial charge is 0.388 e. The normalized spacial score (nSPS) is 22.1. The molecule has 2 heteroatoms. The lowest BCUT2D eigenvalue weighted by molar-refractivity contribution is 0.0246. The molecule has 2 nitrogen and oxygen atoms in total. The third kappa shape index (κ3) is 3.83. The first-order valence-corrected chi connectivity index (χ1v) is 7.98. The van der Waals surface area contributed by atoms with Gasteiger partial charge in [-0.3, -0.25) is 0 Å². The molecule has 0 aromatic heterocycles. The molecule has 0 amide bonds. The minimum Gasteiger partial charge on any atom is -0.388 e. The molecule has 1 aliphatic rings. The van der Waals surface area contributed by atoms with Crippen LogP contribution < -0.4 is 0 Å². The van der Waals surface area contributed by atoms with Gasteiger partial charge in [-0.05, 0) is 30.9 Å². The highest BCUT2D eigenvalue weighted by molar-refractivity contribution is 5.19. The topological polar surface area (TPSA) is 23.5 Å². The smallest absolute Gasteiger partial charge is 0.0853 e. The molecule has 1 fully saturated rings. The molecule has 1 aromatic rings. The standard InChI is InChI=1S/C18H29NO/c1-4-8-15-11-12-19(13-15)14-18(2,3)17(20)16-9-6-5-7-10-16/h5-7,9-10,15,17,20H,4,8,11-14H2,1-3H3. The van der Waals surface area contributed by atoms with E-state index in [1.165, 1.54) is 32.4 Å². The maximum Gasteiger partial charge on any atom is 0.0853 e. The number of hydrogen-bond donors (Lipinski definition) is 1. The number of aliphatic hydroxyl groups excluding tert-OH is 1. The Kier molecular flexibility index (Phi) is 5.22. The highest BCUT2D eigenvalue weighted by atomic mass is 16.3. The Balaban J connectivity index is 1.94. The summed E-state index contributed by atoms with van der Waals surface area (Å²) >= 11 is 0. The van der Waals surface area contributed by atoms with Crippen molar-refractivity contribution in [2.45, 2.75) is 46.1 Å². The van der Waals surface area contributed by atoms with E-state index in [0.717, 1.165) is 18.0 Å². The first-order valence-electron chi connectivity index (χ1n) is 7.98. The van der Waals surface area contributed by atoms with Crippen molar-refractivity contribution < 1.29 is 5.11 Å². The van der Waals surface area contributed by atoms with E-state index in [0.29, 0.717) is 0 Å². The summed E-state index contributed by atoms with van der Waals surface area (Å²) in [4.78, 5) is 2.53. The zero-order chi connectivity index (χ0) is 14.6. The lowest BCUT2D eigenvalue weighted by Crippen LogP contribution is -2.37. The van der Waals surface area contributed by atoms with Crippen LogP contribution >= 0.6 is 0 Å².